The van der Waals surface area contributed by atoms with Crippen LogP contribution in [0.5, 0.6) is 0 Å². The first kappa shape index (κ1) is 15.2. The Morgan fingerprint density at radius 3 is 2.95 bits per heavy atom. The molecular formula is C16H26N6. The van der Waals surface area contributed by atoms with Gasteiger partial charge in [0.25, 0.3) is 5.78 Å². The Kier molecular flexibility index (Phi) is 4.57. The Bertz CT molecular complexity index is 620. The third-order valence-electron chi connectivity index (χ3n) is 4.29. The average molecular weight is 302 g/mol. The van der Waals surface area contributed by atoms with Crippen LogP contribution in [-0.2, 0) is 6.42 Å². The van der Waals surface area contributed by atoms with Crippen LogP contribution >= 0.6 is 0 Å². The summed E-state index contributed by atoms with van der Waals surface area (Å²) in [5.74, 6) is 1.87. The molecule has 0 spiro atoms. The van der Waals surface area contributed by atoms with E-state index >= 15 is 0 Å². The number of aryl methyl sites for hydroxylation is 1. The molecule has 3 heterocycles. The van der Waals surface area contributed by atoms with Gasteiger partial charge in [-0.2, -0.15) is 14.6 Å². The van der Waals surface area contributed by atoms with E-state index in [9.17, 15) is 0 Å². The maximum Gasteiger partial charge on any atom is 0.254 e. The summed E-state index contributed by atoms with van der Waals surface area (Å²) in [6.07, 6.45) is 7.47. The number of likely N-dealkylation sites (N-methyl/N-ethyl adjacent to an activating group) is 1. The van der Waals surface area contributed by atoms with Crippen LogP contribution in [0.3, 0.4) is 0 Å². The predicted octanol–water partition coefficient (Wildman–Crippen LogP) is 2.00. The summed E-state index contributed by atoms with van der Waals surface area (Å²) in [6, 6.07) is 2.74. The molecule has 1 saturated heterocycles. The van der Waals surface area contributed by atoms with E-state index in [1.807, 2.05) is 4.52 Å². The zero-order chi connectivity index (χ0) is 15.5. The molecule has 2 aromatic heterocycles. The van der Waals surface area contributed by atoms with E-state index in [0.29, 0.717) is 6.04 Å². The smallest absolute Gasteiger partial charge is 0.254 e. The highest BCUT2D eigenvalue weighted by Crippen LogP contribution is 2.26. The van der Waals surface area contributed by atoms with Crippen LogP contribution in [0.2, 0.25) is 0 Å². The Morgan fingerprint density at radius 2 is 2.18 bits per heavy atom. The van der Waals surface area contributed by atoms with Gasteiger partial charge in [0.05, 0.1) is 0 Å². The van der Waals surface area contributed by atoms with Crippen LogP contribution in [0, 0.1) is 0 Å². The number of rotatable bonds is 5. The van der Waals surface area contributed by atoms with Crippen molar-refractivity contribution in [2.45, 2.75) is 45.1 Å². The number of hydrogen-bond donors (Lipinski definition) is 0. The highest BCUT2D eigenvalue weighted by atomic mass is 15.4. The fourth-order valence-corrected chi connectivity index (χ4v) is 3.35. The van der Waals surface area contributed by atoms with E-state index in [2.05, 4.69) is 52.0 Å². The van der Waals surface area contributed by atoms with Crippen molar-refractivity contribution in [3.63, 3.8) is 0 Å². The summed E-state index contributed by atoms with van der Waals surface area (Å²) in [5.41, 5.74) is 1.12. The van der Waals surface area contributed by atoms with Gasteiger partial charge in [0, 0.05) is 30.9 Å². The summed E-state index contributed by atoms with van der Waals surface area (Å²) < 4.78 is 1.90. The highest BCUT2D eigenvalue weighted by Gasteiger charge is 2.26. The van der Waals surface area contributed by atoms with Crippen molar-refractivity contribution < 1.29 is 0 Å². The molecule has 0 radical (unpaired) electrons. The Morgan fingerprint density at radius 1 is 1.32 bits per heavy atom. The number of anilines is 1. The Labute approximate surface area is 132 Å². The van der Waals surface area contributed by atoms with Gasteiger partial charge in [0.15, 0.2) is 0 Å². The van der Waals surface area contributed by atoms with E-state index in [0.717, 1.165) is 43.2 Å². The molecule has 22 heavy (non-hydrogen) atoms. The monoisotopic (exact) mass is 302 g/mol. The average Bonchev–Trinajstić information content (AvgIpc) is 2.95. The van der Waals surface area contributed by atoms with Crippen molar-refractivity contribution in [3.05, 3.63) is 18.1 Å². The number of aromatic nitrogens is 4. The molecule has 0 N–H and O–H groups in total. The third kappa shape index (κ3) is 3.06. The summed E-state index contributed by atoms with van der Waals surface area (Å²) in [5, 5.41) is 4.40. The Balaban J connectivity index is 2.00. The van der Waals surface area contributed by atoms with Crippen LogP contribution in [0.1, 0.15) is 38.3 Å². The van der Waals surface area contributed by atoms with Crippen molar-refractivity contribution in [1.29, 1.82) is 0 Å². The van der Waals surface area contributed by atoms with Gasteiger partial charge in [-0.25, -0.2) is 4.98 Å². The van der Waals surface area contributed by atoms with Gasteiger partial charge in [-0.1, -0.05) is 13.3 Å². The summed E-state index contributed by atoms with van der Waals surface area (Å²) >= 11 is 0. The zero-order valence-corrected chi connectivity index (χ0v) is 13.9. The maximum atomic E-state index is 4.62. The van der Waals surface area contributed by atoms with Crippen LogP contribution in [-0.4, -0.2) is 57.7 Å². The second-order valence-corrected chi connectivity index (χ2v) is 6.43. The zero-order valence-electron chi connectivity index (χ0n) is 13.9. The van der Waals surface area contributed by atoms with Crippen molar-refractivity contribution in [2.75, 3.05) is 32.1 Å². The fourth-order valence-electron chi connectivity index (χ4n) is 3.35. The number of nitrogens with zero attached hydrogens (tertiary/aromatic N) is 6. The SMILES string of the molecule is CCCc1cc(N2CCCCC2CN(C)C)n2ncnc2n1. The molecule has 0 bridgehead atoms. The normalized spacial score (nSPS) is 19.3. The lowest BCUT2D eigenvalue weighted by Gasteiger charge is -2.38. The van der Waals surface area contributed by atoms with Crippen LogP contribution in [0.25, 0.3) is 5.78 Å². The van der Waals surface area contributed by atoms with Crippen LogP contribution in [0.15, 0.2) is 12.4 Å². The molecule has 1 aliphatic rings. The molecule has 3 rings (SSSR count). The number of piperidine rings is 1. The lowest BCUT2D eigenvalue weighted by Crippen LogP contribution is -2.46. The lowest BCUT2D eigenvalue weighted by molar-refractivity contribution is 0.326. The van der Waals surface area contributed by atoms with Crippen molar-refractivity contribution in [3.8, 4) is 0 Å². The molecule has 1 fully saturated rings. The van der Waals surface area contributed by atoms with E-state index in [1.165, 1.54) is 19.3 Å². The number of hydrogen-bond acceptors (Lipinski definition) is 5. The van der Waals surface area contributed by atoms with Gasteiger partial charge < -0.3 is 9.80 Å². The van der Waals surface area contributed by atoms with Gasteiger partial charge in [0.2, 0.25) is 0 Å². The molecule has 6 heteroatoms. The third-order valence-corrected chi connectivity index (χ3v) is 4.29. The molecule has 2 aromatic rings. The standard InChI is InChI=1S/C16H26N6/c1-4-7-13-10-15(22-16(19-13)17-12-18-22)21-9-6-5-8-14(21)11-20(2)3/h10,12,14H,4-9,11H2,1-3H3. The molecule has 6 nitrogen and oxygen atoms in total. The lowest BCUT2D eigenvalue weighted by atomic mass is 10.0. The first-order valence-electron chi connectivity index (χ1n) is 8.30. The van der Waals surface area contributed by atoms with Gasteiger partial charge in [-0.3, -0.25) is 0 Å². The largest absolute Gasteiger partial charge is 0.352 e. The molecule has 1 unspecified atom stereocenters. The minimum absolute atomic E-state index is 0.535. The topological polar surface area (TPSA) is 49.6 Å². The van der Waals surface area contributed by atoms with Crippen molar-refractivity contribution >= 4 is 11.6 Å². The molecule has 0 amide bonds. The molecule has 1 aliphatic heterocycles. The molecule has 1 atom stereocenters. The van der Waals surface area contributed by atoms with E-state index in [1.54, 1.807) is 6.33 Å². The van der Waals surface area contributed by atoms with E-state index in [4.69, 9.17) is 0 Å². The van der Waals surface area contributed by atoms with Crippen LogP contribution < -0.4 is 4.90 Å². The van der Waals surface area contributed by atoms with Crippen molar-refractivity contribution in [1.82, 2.24) is 24.5 Å². The first-order chi connectivity index (χ1) is 10.7. The molecule has 0 aromatic carbocycles. The Hall–Kier alpha value is -1.69. The quantitative estimate of drug-likeness (QED) is 0.845. The minimum Gasteiger partial charge on any atom is -0.352 e. The first-order valence-corrected chi connectivity index (χ1v) is 8.30. The minimum atomic E-state index is 0.535. The molecule has 0 saturated carbocycles. The molecular weight excluding hydrogens is 276 g/mol. The van der Waals surface area contributed by atoms with Gasteiger partial charge in [-0.05, 0) is 39.8 Å². The molecule has 0 aliphatic carbocycles. The predicted molar refractivity (Wildman–Crippen MR) is 88.3 cm³/mol. The molecule has 120 valence electrons. The second-order valence-electron chi connectivity index (χ2n) is 6.43. The second kappa shape index (κ2) is 6.60. The summed E-state index contributed by atoms with van der Waals surface area (Å²) in [4.78, 5) is 13.7. The van der Waals surface area contributed by atoms with Gasteiger partial charge >= 0.3 is 0 Å². The number of fused-ring (bicyclic) bond motifs is 1. The van der Waals surface area contributed by atoms with E-state index < -0.39 is 0 Å². The van der Waals surface area contributed by atoms with E-state index in [-0.39, 0.29) is 0 Å². The fraction of sp³-hybridized carbons (Fsp3) is 0.688. The highest BCUT2D eigenvalue weighted by molar-refractivity contribution is 5.48. The van der Waals surface area contributed by atoms with Gasteiger partial charge in [0.1, 0.15) is 12.1 Å². The van der Waals surface area contributed by atoms with Gasteiger partial charge in [-0.15, -0.1) is 0 Å². The summed E-state index contributed by atoms with van der Waals surface area (Å²) in [6.45, 7) is 4.34. The van der Waals surface area contributed by atoms with Crippen LogP contribution in [0.4, 0.5) is 5.82 Å². The maximum absolute atomic E-state index is 4.62. The summed E-state index contributed by atoms with van der Waals surface area (Å²) in [7, 11) is 4.29. The van der Waals surface area contributed by atoms with Crippen molar-refractivity contribution in [2.24, 2.45) is 0 Å².